The zero-order chi connectivity index (χ0) is 12.6. The van der Waals surface area contributed by atoms with Crippen LogP contribution in [0.15, 0.2) is 30.9 Å². The van der Waals surface area contributed by atoms with E-state index in [1.165, 1.54) is 13.0 Å². The first-order valence-corrected chi connectivity index (χ1v) is 6.35. The van der Waals surface area contributed by atoms with Crippen LogP contribution in [0, 0.1) is 13.8 Å². The van der Waals surface area contributed by atoms with E-state index in [1.807, 2.05) is 19.9 Å². The van der Waals surface area contributed by atoms with Crippen molar-refractivity contribution in [2.24, 2.45) is 0 Å². The van der Waals surface area contributed by atoms with Crippen LogP contribution < -0.4 is 6.15 Å². The molecule has 0 aromatic heterocycles. The van der Waals surface area contributed by atoms with Crippen molar-refractivity contribution in [2.45, 2.75) is 25.5 Å². The molecule has 0 fully saturated rings. The van der Waals surface area contributed by atoms with Crippen LogP contribution in [-0.2, 0) is 14.9 Å². The maximum Gasteiger partial charge on any atom is 0.278 e. The predicted octanol–water partition coefficient (Wildman–Crippen LogP) is 2.75. The minimum Gasteiger partial charge on any atom is -0.344 e. The monoisotopic (exact) mass is 257 g/mol. The first-order valence-electron chi connectivity index (χ1n) is 4.91. The van der Waals surface area contributed by atoms with Crippen molar-refractivity contribution in [3.63, 3.8) is 0 Å². The summed E-state index contributed by atoms with van der Waals surface area (Å²) in [5.41, 5.74) is 2.39. The SMILES string of the molecule is C=CC(C)(c1cccc(C)c1C)S(=O)(=O)O.N. The largest absolute Gasteiger partial charge is 0.344 e. The van der Waals surface area contributed by atoms with Crippen LogP contribution in [0.4, 0.5) is 0 Å². The molecule has 1 aromatic carbocycles. The highest BCUT2D eigenvalue weighted by molar-refractivity contribution is 7.87. The highest BCUT2D eigenvalue weighted by Gasteiger charge is 2.38. The van der Waals surface area contributed by atoms with Crippen LogP contribution in [-0.4, -0.2) is 13.0 Å². The minimum atomic E-state index is -4.22. The van der Waals surface area contributed by atoms with Gasteiger partial charge in [-0.1, -0.05) is 24.3 Å². The average molecular weight is 257 g/mol. The Balaban J connectivity index is 0.00000256. The van der Waals surface area contributed by atoms with Crippen LogP contribution in [0.2, 0.25) is 0 Å². The summed E-state index contributed by atoms with van der Waals surface area (Å²) in [5.74, 6) is 0. The first-order chi connectivity index (χ1) is 7.24. The molecular formula is C12H19NO3S. The van der Waals surface area contributed by atoms with E-state index < -0.39 is 14.9 Å². The number of rotatable bonds is 3. The highest BCUT2D eigenvalue weighted by atomic mass is 32.2. The molecule has 0 saturated heterocycles. The Labute approximate surface area is 103 Å². The molecule has 96 valence electrons. The molecule has 5 heteroatoms. The molecule has 1 rings (SSSR count). The smallest absolute Gasteiger partial charge is 0.278 e. The van der Waals surface area contributed by atoms with Crippen molar-refractivity contribution in [3.8, 4) is 0 Å². The standard InChI is InChI=1S/C12H16O3S.H3N/c1-5-12(4,16(13,14)15)11-8-6-7-9(2)10(11)3;/h5-8H,1H2,2-4H3,(H,13,14,15);1H3. The van der Waals surface area contributed by atoms with Gasteiger partial charge in [-0.15, -0.1) is 6.58 Å². The Hall–Kier alpha value is -1.17. The van der Waals surface area contributed by atoms with Crippen molar-refractivity contribution < 1.29 is 13.0 Å². The number of benzene rings is 1. The molecular weight excluding hydrogens is 238 g/mol. The van der Waals surface area contributed by atoms with E-state index >= 15 is 0 Å². The van der Waals surface area contributed by atoms with Crippen molar-refractivity contribution in [2.75, 3.05) is 0 Å². The number of hydrogen-bond donors (Lipinski definition) is 2. The minimum absolute atomic E-state index is 0. The first kappa shape index (κ1) is 15.8. The maximum atomic E-state index is 11.4. The second-order valence-corrected chi connectivity index (χ2v) is 5.83. The summed E-state index contributed by atoms with van der Waals surface area (Å²) in [6.45, 7) is 8.67. The van der Waals surface area contributed by atoms with Gasteiger partial charge < -0.3 is 6.15 Å². The number of aryl methyl sites for hydroxylation is 1. The molecule has 0 aliphatic heterocycles. The van der Waals surface area contributed by atoms with E-state index in [1.54, 1.807) is 12.1 Å². The lowest BCUT2D eigenvalue weighted by molar-refractivity contribution is 0.455. The van der Waals surface area contributed by atoms with Gasteiger partial charge in [0.25, 0.3) is 10.1 Å². The summed E-state index contributed by atoms with van der Waals surface area (Å²) in [4.78, 5) is 0. The fourth-order valence-corrected chi connectivity index (χ4v) is 2.35. The Kier molecular flexibility index (Phi) is 4.65. The zero-order valence-corrected chi connectivity index (χ0v) is 11.2. The van der Waals surface area contributed by atoms with Gasteiger partial charge in [-0.2, -0.15) is 8.42 Å². The molecule has 1 aromatic rings. The molecule has 0 spiro atoms. The lowest BCUT2D eigenvalue weighted by atomic mass is 9.93. The van der Waals surface area contributed by atoms with Gasteiger partial charge in [0.1, 0.15) is 4.75 Å². The van der Waals surface area contributed by atoms with E-state index in [0.717, 1.165) is 11.1 Å². The third-order valence-corrected chi connectivity index (χ3v) is 4.52. The highest BCUT2D eigenvalue weighted by Crippen LogP contribution is 2.33. The van der Waals surface area contributed by atoms with Crippen LogP contribution in [0.5, 0.6) is 0 Å². The molecule has 0 aliphatic carbocycles. The zero-order valence-electron chi connectivity index (χ0n) is 10.4. The van der Waals surface area contributed by atoms with Gasteiger partial charge in [-0.25, -0.2) is 0 Å². The molecule has 0 heterocycles. The van der Waals surface area contributed by atoms with Crippen LogP contribution >= 0.6 is 0 Å². The third kappa shape index (κ3) is 2.57. The van der Waals surface area contributed by atoms with Crippen molar-refractivity contribution >= 4 is 10.1 Å². The Morgan fingerprint density at radius 3 is 2.29 bits per heavy atom. The van der Waals surface area contributed by atoms with Gasteiger partial charge in [0.2, 0.25) is 0 Å². The molecule has 0 amide bonds. The lowest BCUT2D eigenvalue weighted by Crippen LogP contribution is -2.30. The molecule has 0 radical (unpaired) electrons. The second-order valence-electron chi connectivity index (χ2n) is 4.03. The van der Waals surface area contributed by atoms with Crippen molar-refractivity contribution in [1.82, 2.24) is 6.15 Å². The average Bonchev–Trinajstić information content (AvgIpc) is 2.19. The lowest BCUT2D eigenvalue weighted by Gasteiger charge is -2.25. The fourth-order valence-electron chi connectivity index (χ4n) is 1.64. The Morgan fingerprint density at radius 1 is 1.35 bits per heavy atom. The third-order valence-electron chi connectivity index (χ3n) is 3.06. The molecule has 4 N–H and O–H groups in total. The van der Waals surface area contributed by atoms with Crippen LogP contribution in [0.25, 0.3) is 0 Å². The summed E-state index contributed by atoms with van der Waals surface area (Å²) >= 11 is 0. The summed E-state index contributed by atoms with van der Waals surface area (Å²) in [6.07, 6.45) is 1.25. The maximum absolute atomic E-state index is 11.4. The molecule has 4 nitrogen and oxygen atoms in total. The molecule has 17 heavy (non-hydrogen) atoms. The number of hydrogen-bond acceptors (Lipinski definition) is 3. The van der Waals surface area contributed by atoms with E-state index in [2.05, 4.69) is 6.58 Å². The van der Waals surface area contributed by atoms with E-state index in [9.17, 15) is 13.0 Å². The van der Waals surface area contributed by atoms with Crippen LogP contribution in [0.3, 0.4) is 0 Å². The van der Waals surface area contributed by atoms with Gasteiger partial charge in [0.05, 0.1) is 0 Å². The fraction of sp³-hybridized carbons (Fsp3) is 0.333. The summed E-state index contributed by atoms with van der Waals surface area (Å²) in [6, 6.07) is 5.36. The molecule has 0 bridgehead atoms. The van der Waals surface area contributed by atoms with Crippen molar-refractivity contribution in [1.29, 1.82) is 0 Å². The summed E-state index contributed by atoms with van der Waals surface area (Å²) < 4.78 is 30.7. The molecule has 0 saturated carbocycles. The quantitative estimate of drug-likeness (QED) is 0.643. The van der Waals surface area contributed by atoms with Gasteiger partial charge in [-0.3, -0.25) is 4.55 Å². The van der Waals surface area contributed by atoms with Gasteiger partial charge in [-0.05, 0) is 37.5 Å². The topological polar surface area (TPSA) is 89.4 Å². The van der Waals surface area contributed by atoms with E-state index in [-0.39, 0.29) is 6.15 Å². The normalized spacial score (nSPS) is 14.6. The van der Waals surface area contributed by atoms with Gasteiger partial charge in [0.15, 0.2) is 0 Å². The second kappa shape index (κ2) is 5.00. The molecule has 0 aliphatic rings. The van der Waals surface area contributed by atoms with Crippen LogP contribution in [0.1, 0.15) is 23.6 Å². The van der Waals surface area contributed by atoms with E-state index in [4.69, 9.17) is 0 Å². The summed E-state index contributed by atoms with van der Waals surface area (Å²) in [5, 5.41) is 0. The van der Waals surface area contributed by atoms with Gasteiger partial charge in [0, 0.05) is 0 Å². The summed E-state index contributed by atoms with van der Waals surface area (Å²) in [7, 11) is -4.22. The van der Waals surface area contributed by atoms with Crippen molar-refractivity contribution in [3.05, 3.63) is 47.5 Å². The molecule has 1 atom stereocenters. The van der Waals surface area contributed by atoms with E-state index in [0.29, 0.717) is 5.56 Å². The molecule has 1 unspecified atom stereocenters. The Bertz CT molecular complexity index is 523. The predicted molar refractivity (Wildman–Crippen MR) is 70.0 cm³/mol. The van der Waals surface area contributed by atoms with Gasteiger partial charge >= 0.3 is 0 Å². The Morgan fingerprint density at radius 2 is 1.88 bits per heavy atom.